The maximum Gasteiger partial charge on any atom is 0.417 e. The number of nitrogens with two attached hydrogens (primary N) is 1. The average Bonchev–Trinajstić information content (AvgIpc) is 2.81. The van der Waals surface area contributed by atoms with E-state index in [9.17, 15) is 4.79 Å². The number of rotatable bonds is 2. The van der Waals surface area contributed by atoms with Crippen LogP contribution >= 0.6 is 11.8 Å². The Morgan fingerprint density at radius 1 is 1.42 bits per heavy atom. The Kier molecular flexibility index (Phi) is 2.63. The van der Waals surface area contributed by atoms with Crippen LogP contribution in [-0.2, 0) is 7.05 Å². The van der Waals surface area contributed by atoms with Gasteiger partial charge in [-0.3, -0.25) is 9.67 Å². The van der Waals surface area contributed by atoms with Crippen molar-refractivity contribution in [3.8, 4) is 0 Å². The van der Waals surface area contributed by atoms with Crippen molar-refractivity contribution in [3.05, 3.63) is 34.4 Å². The number of aryl methyl sites for hydroxylation is 2. The van der Waals surface area contributed by atoms with Gasteiger partial charge in [-0.25, -0.2) is 4.79 Å². The van der Waals surface area contributed by atoms with Gasteiger partial charge in [-0.1, -0.05) is 11.8 Å². The average molecular weight is 276 g/mol. The summed E-state index contributed by atoms with van der Waals surface area (Å²) in [5, 5.41) is 5.26. The second-order valence-corrected chi connectivity index (χ2v) is 5.31. The quantitative estimate of drug-likeness (QED) is 0.698. The maximum atomic E-state index is 11.1. The fourth-order valence-electron chi connectivity index (χ4n) is 1.88. The molecule has 0 bridgehead atoms. The number of H-pyrrole nitrogens is 1. The normalized spacial score (nSPS) is 11.3. The number of aromatic amines is 1. The van der Waals surface area contributed by atoms with E-state index in [1.165, 1.54) is 11.8 Å². The summed E-state index contributed by atoms with van der Waals surface area (Å²) in [6.07, 6.45) is 0. The van der Waals surface area contributed by atoms with Crippen LogP contribution in [0.5, 0.6) is 0 Å². The molecule has 19 heavy (non-hydrogen) atoms. The summed E-state index contributed by atoms with van der Waals surface area (Å²) in [6, 6.07) is 5.44. The number of nitrogens with zero attached hydrogens (tertiary/aromatic N) is 2. The van der Waals surface area contributed by atoms with E-state index in [1.807, 2.05) is 26.1 Å². The van der Waals surface area contributed by atoms with Gasteiger partial charge < -0.3 is 10.2 Å². The summed E-state index contributed by atoms with van der Waals surface area (Å²) >= 11 is 1.50. The fourth-order valence-corrected chi connectivity index (χ4v) is 2.86. The molecule has 0 aliphatic rings. The third-order valence-electron chi connectivity index (χ3n) is 2.72. The van der Waals surface area contributed by atoms with Crippen molar-refractivity contribution in [2.75, 3.05) is 5.73 Å². The number of hydrogen-bond donors (Lipinski definition) is 2. The first kappa shape index (κ1) is 11.9. The molecular formula is C12H12N4O2S. The van der Waals surface area contributed by atoms with Gasteiger partial charge in [0.15, 0.2) is 5.58 Å². The summed E-state index contributed by atoms with van der Waals surface area (Å²) in [7, 11) is 1.88. The molecule has 0 saturated heterocycles. The van der Waals surface area contributed by atoms with Crippen LogP contribution < -0.4 is 11.5 Å². The second kappa shape index (κ2) is 4.20. The molecule has 3 aromatic rings. The number of benzene rings is 1. The molecule has 0 aliphatic carbocycles. The number of hydrogen-bond acceptors (Lipinski definition) is 5. The predicted octanol–water partition coefficient (Wildman–Crippen LogP) is 1.90. The van der Waals surface area contributed by atoms with Crippen LogP contribution in [0.4, 0.5) is 5.69 Å². The lowest BCUT2D eigenvalue weighted by molar-refractivity contribution is 0.555. The molecular weight excluding hydrogens is 264 g/mol. The topological polar surface area (TPSA) is 89.8 Å². The number of fused-ring (bicyclic) bond motifs is 1. The SMILES string of the molecule is Cc1cc(Sc2cc3[nH]c(=O)oc3cc2N)n(C)n1. The van der Waals surface area contributed by atoms with Crippen LogP contribution in [0.25, 0.3) is 11.1 Å². The maximum absolute atomic E-state index is 11.1. The zero-order valence-corrected chi connectivity index (χ0v) is 11.2. The van der Waals surface area contributed by atoms with Crippen molar-refractivity contribution < 1.29 is 4.42 Å². The van der Waals surface area contributed by atoms with Crippen molar-refractivity contribution in [3.63, 3.8) is 0 Å². The lowest BCUT2D eigenvalue weighted by atomic mass is 10.3. The first-order valence-electron chi connectivity index (χ1n) is 5.64. The van der Waals surface area contributed by atoms with Gasteiger partial charge in [0.25, 0.3) is 0 Å². The first-order chi connectivity index (χ1) is 9.02. The van der Waals surface area contributed by atoms with E-state index in [-0.39, 0.29) is 0 Å². The Hall–Kier alpha value is -2.15. The van der Waals surface area contributed by atoms with Gasteiger partial charge >= 0.3 is 5.76 Å². The number of aromatic nitrogens is 3. The standard InChI is InChI=1S/C12H12N4O2S/c1-6-3-11(16(2)15-6)19-10-5-8-9(4-7(10)13)18-12(17)14-8/h3-5H,13H2,1-2H3,(H,14,17). The minimum absolute atomic E-state index is 0.466. The lowest BCUT2D eigenvalue weighted by Gasteiger charge is -2.05. The first-order valence-corrected chi connectivity index (χ1v) is 6.45. The summed E-state index contributed by atoms with van der Waals surface area (Å²) < 4.78 is 6.76. The lowest BCUT2D eigenvalue weighted by Crippen LogP contribution is -1.94. The van der Waals surface area contributed by atoms with Gasteiger partial charge in [-0.05, 0) is 19.1 Å². The molecule has 2 aromatic heterocycles. The molecule has 0 atom stereocenters. The molecule has 2 heterocycles. The molecule has 6 nitrogen and oxygen atoms in total. The molecule has 7 heteroatoms. The highest BCUT2D eigenvalue weighted by Crippen LogP contribution is 2.34. The van der Waals surface area contributed by atoms with E-state index >= 15 is 0 Å². The number of anilines is 1. The smallest absolute Gasteiger partial charge is 0.408 e. The fraction of sp³-hybridized carbons (Fsp3) is 0.167. The molecule has 0 aliphatic heterocycles. The van der Waals surface area contributed by atoms with Gasteiger partial charge in [0, 0.05) is 23.7 Å². The summed E-state index contributed by atoms with van der Waals surface area (Å²) in [4.78, 5) is 14.6. The second-order valence-electron chi connectivity index (χ2n) is 4.25. The molecule has 1 aromatic carbocycles. The number of nitrogen functional groups attached to an aromatic ring is 1. The molecule has 0 amide bonds. The minimum Gasteiger partial charge on any atom is -0.408 e. The van der Waals surface area contributed by atoms with Gasteiger partial charge in [0.05, 0.1) is 16.2 Å². The van der Waals surface area contributed by atoms with Crippen molar-refractivity contribution in [1.29, 1.82) is 0 Å². The summed E-state index contributed by atoms with van der Waals surface area (Å²) in [5.41, 5.74) is 8.59. The number of nitrogens with one attached hydrogen (secondary N) is 1. The van der Waals surface area contributed by atoms with Crippen molar-refractivity contribution in [1.82, 2.24) is 14.8 Å². The van der Waals surface area contributed by atoms with Crippen LogP contribution in [0.2, 0.25) is 0 Å². The van der Waals surface area contributed by atoms with E-state index in [0.29, 0.717) is 16.8 Å². The van der Waals surface area contributed by atoms with E-state index in [1.54, 1.807) is 10.7 Å². The molecule has 0 spiro atoms. The Bertz CT molecular complexity index is 815. The minimum atomic E-state index is -0.479. The number of oxazole rings is 1. The Morgan fingerprint density at radius 2 is 2.21 bits per heavy atom. The highest BCUT2D eigenvalue weighted by atomic mass is 32.2. The van der Waals surface area contributed by atoms with Crippen LogP contribution in [0.15, 0.2) is 37.3 Å². The Labute approximate surface area is 112 Å². The van der Waals surface area contributed by atoms with E-state index in [0.717, 1.165) is 15.6 Å². The van der Waals surface area contributed by atoms with Crippen LogP contribution in [-0.4, -0.2) is 14.8 Å². The van der Waals surface area contributed by atoms with Crippen LogP contribution in [0, 0.1) is 6.92 Å². The molecule has 0 radical (unpaired) electrons. The zero-order valence-electron chi connectivity index (χ0n) is 10.4. The van der Waals surface area contributed by atoms with Crippen molar-refractivity contribution in [2.45, 2.75) is 16.8 Å². The van der Waals surface area contributed by atoms with E-state index in [2.05, 4.69) is 10.1 Å². The molecule has 0 saturated carbocycles. The molecule has 3 N–H and O–H groups in total. The van der Waals surface area contributed by atoms with Crippen LogP contribution in [0.1, 0.15) is 5.69 Å². The zero-order chi connectivity index (χ0) is 13.6. The van der Waals surface area contributed by atoms with Gasteiger partial charge in [-0.2, -0.15) is 5.10 Å². The monoisotopic (exact) mass is 276 g/mol. The van der Waals surface area contributed by atoms with E-state index < -0.39 is 5.76 Å². The molecule has 0 unspecified atom stereocenters. The highest BCUT2D eigenvalue weighted by molar-refractivity contribution is 7.99. The largest absolute Gasteiger partial charge is 0.417 e. The Morgan fingerprint density at radius 3 is 2.89 bits per heavy atom. The van der Waals surface area contributed by atoms with Gasteiger partial charge in [0.1, 0.15) is 0 Å². The highest BCUT2D eigenvalue weighted by Gasteiger charge is 2.10. The molecule has 3 rings (SSSR count). The van der Waals surface area contributed by atoms with Crippen molar-refractivity contribution in [2.24, 2.45) is 7.05 Å². The predicted molar refractivity (Wildman–Crippen MR) is 73.3 cm³/mol. The Balaban J connectivity index is 2.07. The third kappa shape index (κ3) is 2.12. The van der Waals surface area contributed by atoms with E-state index in [4.69, 9.17) is 10.2 Å². The van der Waals surface area contributed by atoms with Gasteiger partial charge in [-0.15, -0.1) is 0 Å². The molecule has 98 valence electrons. The third-order valence-corrected chi connectivity index (χ3v) is 3.89. The summed E-state index contributed by atoms with van der Waals surface area (Å²) in [5.74, 6) is -0.479. The van der Waals surface area contributed by atoms with Crippen molar-refractivity contribution >= 4 is 28.5 Å². The molecule has 0 fully saturated rings. The summed E-state index contributed by atoms with van der Waals surface area (Å²) in [6.45, 7) is 1.93. The van der Waals surface area contributed by atoms with Crippen LogP contribution in [0.3, 0.4) is 0 Å². The van der Waals surface area contributed by atoms with Gasteiger partial charge in [0.2, 0.25) is 0 Å².